The molecule has 0 fully saturated rings. The van der Waals surface area contributed by atoms with E-state index in [0.717, 1.165) is 13.8 Å². The van der Waals surface area contributed by atoms with Gasteiger partial charge in [0, 0.05) is 35.3 Å². The van der Waals surface area contributed by atoms with Crippen LogP contribution in [0.25, 0.3) is 0 Å². The lowest BCUT2D eigenvalue weighted by atomic mass is 9.50. The van der Waals surface area contributed by atoms with Crippen molar-refractivity contribution in [3.8, 4) is 0 Å². The molecule has 2 rings (SSSR count). The summed E-state index contributed by atoms with van der Waals surface area (Å²) in [7, 11) is 0. The van der Waals surface area contributed by atoms with Gasteiger partial charge < -0.3 is 14.9 Å². The first-order valence-electron chi connectivity index (χ1n) is 14.1. The second kappa shape index (κ2) is 15.8. The van der Waals surface area contributed by atoms with Gasteiger partial charge in [-0.05, 0) is 52.0 Å². The van der Waals surface area contributed by atoms with Crippen molar-refractivity contribution in [3.05, 3.63) is 57.6 Å². The summed E-state index contributed by atoms with van der Waals surface area (Å²) in [5.41, 5.74) is -23.5. The first-order chi connectivity index (χ1) is 22.4. The fourth-order valence-electron chi connectivity index (χ4n) is 4.68. The van der Waals surface area contributed by atoms with E-state index in [4.69, 9.17) is 0 Å². The molecule has 50 heavy (non-hydrogen) atoms. The molecule has 0 aliphatic carbocycles. The van der Waals surface area contributed by atoms with Gasteiger partial charge in [-0.25, -0.2) is 4.79 Å². The Balaban J connectivity index is 0.00000232. The van der Waals surface area contributed by atoms with Gasteiger partial charge in [0.2, 0.25) is 6.92 Å². The summed E-state index contributed by atoms with van der Waals surface area (Å²) in [5.74, 6) is 0. The average Bonchev–Trinajstić information content (AvgIpc) is 2.93. The molecule has 0 aromatic heterocycles. The predicted octanol–water partition coefficient (Wildman–Crippen LogP) is 7.71. The van der Waals surface area contributed by atoms with Crippen LogP contribution in [0, 0.1) is 0 Å². The molecule has 0 aliphatic rings. The smallest absolute Gasteiger partial charge is 0.416 e. The molecule has 2 N–H and O–H groups in total. The van der Waals surface area contributed by atoms with E-state index in [1.807, 2.05) is 0 Å². The quantitative estimate of drug-likeness (QED) is 0.232. The zero-order valence-electron chi connectivity index (χ0n) is 26.0. The molecule has 0 spiro atoms. The fraction of sp³-hybridized carbons (Fsp3) is 0.519. The molecule has 0 heterocycles. The highest BCUT2D eigenvalue weighted by Crippen LogP contribution is 2.43. The van der Waals surface area contributed by atoms with E-state index in [1.54, 1.807) is 0 Å². The Kier molecular flexibility index (Phi) is 14.1. The zero-order chi connectivity index (χ0) is 39.4. The highest BCUT2D eigenvalue weighted by molar-refractivity contribution is 6.82. The molecule has 2 aromatic carbocycles. The molecule has 0 unspecified atom stereocenters. The minimum atomic E-state index is -6.41. The first-order valence-corrected chi connectivity index (χ1v) is 14.1. The monoisotopic (exact) mass is 764 g/mol. The van der Waals surface area contributed by atoms with Crippen LogP contribution in [0.5, 0.6) is 0 Å². The second-order valence-electron chi connectivity index (χ2n) is 10.2. The molecule has 0 saturated heterocycles. The first kappa shape index (κ1) is 44.5. The van der Waals surface area contributed by atoms with Crippen molar-refractivity contribution in [2.24, 2.45) is 0 Å². The van der Waals surface area contributed by atoms with Gasteiger partial charge in [0.05, 0.1) is 24.2 Å². The van der Waals surface area contributed by atoms with E-state index in [-0.39, 0.29) is 0 Å². The summed E-state index contributed by atoms with van der Waals surface area (Å²) in [5, 5.41) is 2.25. The van der Waals surface area contributed by atoms with Crippen LogP contribution < -0.4 is 16.2 Å². The van der Waals surface area contributed by atoms with Crippen LogP contribution in [0.3, 0.4) is 0 Å². The Hall–Kier alpha value is -3.53. The lowest BCUT2D eigenvalue weighted by molar-refractivity contribution is -0.648. The van der Waals surface area contributed by atoms with Gasteiger partial charge in [-0.15, -0.1) is 10.9 Å². The van der Waals surface area contributed by atoms with Crippen LogP contribution in [-0.2, 0) is 41.7 Å². The maximum atomic E-state index is 14.1. The third-order valence-electron chi connectivity index (χ3n) is 6.89. The summed E-state index contributed by atoms with van der Waals surface area (Å²) in [6, 6.07) is -4.28. The van der Waals surface area contributed by atoms with E-state index >= 15 is 0 Å². The number of carbonyl (C=O) groups excluding carboxylic acids is 1. The normalized spacial score (nSPS) is 13.3. The fourth-order valence-corrected chi connectivity index (χ4v) is 4.68. The molecule has 0 bridgehead atoms. The van der Waals surface area contributed by atoms with Crippen LogP contribution in [0.4, 0.5) is 83.8 Å². The zero-order valence-corrected chi connectivity index (χ0v) is 26.0. The standard InChI is InChI=1S/C23H15BF18NO2.C4H11N/c1-3-43(4-2)17(44)45-24(15-11(20(31,32)33)5-9(18(25,26)27)6-12(15)21(34,35)36)16-13(22(37,38)39)7-10(19(28,29)30)8-14(16)23(40,41)42;1-3-5-4-2/h5-8,24H,3-4H2,1-2H3;5H,3-4H2,1-2H3/q-1;/p+1. The number of nitrogens with zero attached hydrogens (tertiary/aromatic N) is 1. The minimum absolute atomic E-state index is 0.342. The lowest BCUT2D eigenvalue weighted by Crippen LogP contribution is -2.82. The molecule has 23 heteroatoms. The van der Waals surface area contributed by atoms with Crippen molar-refractivity contribution in [2.75, 3.05) is 26.2 Å². The van der Waals surface area contributed by atoms with Crippen molar-refractivity contribution in [2.45, 2.75) is 64.8 Å². The Morgan fingerprint density at radius 2 is 0.800 bits per heavy atom. The van der Waals surface area contributed by atoms with E-state index < -0.39 is 132 Å². The molecule has 1 amide bonds. The number of nitrogens with two attached hydrogens (primary N) is 1. The van der Waals surface area contributed by atoms with Gasteiger partial charge in [-0.3, -0.25) is 0 Å². The highest BCUT2D eigenvalue weighted by atomic mass is 19.4. The SMILES string of the molecule is CCN(CC)C(=O)O[BH-](c1c(C(F)(F)F)cc(C(F)(F)F)cc1C(F)(F)F)c1c(C(F)(F)F)cc(C(F)(F)F)cc1C(F)(F)F.CC[NH2+]CC. The molecule has 0 atom stereocenters. The third kappa shape index (κ3) is 11.2. The summed E-state index contributed by atoms with van der Waals surface area (Å²) >= 11 is 0. The Labute approximate surface area is 271 Å². The summed E-state index contributed by atoms with van der Waals surface area (Å²) in [6.07, 6.45) is -39.8. The second-order valence-corrected chi connectivity index (χ2v) is 10.2. The minimum Gasteiger partial charge on any atom is -0.666 e. The molecule has 286 valence electrons. The summed E-state index contributed by atoms with van der Waals surface area (Å²) in [6.45, 7) is 2.28. The lowest BCUT2D eigenvalue weighted by Gasteiger charge is -2.38. The van der Waals surface area contributed by atoms with Crippen molar-refractivity contribution in [1.82, 2.24) is 4.90 Å². The topological polar surface area (TPSA) is 46.2 Å². The van der Waals surface area contributed by atoms with Gasteiger partial charge in [-0.2, -0.15) is 79.0 Å². The summed E-state index contributed by atoms with van der Waals surface area (Å²) in [4.78, 5) is 13.0. The molecular weight excluding hydrogens is 737 g/mol. The van der Waals surface area contributed by atoms with E-state index in [0.29, 0.717) is 4.90 Å². The number of halogens is 18. The largest absolute Gasteiger partial charge is 0.666 e. The number of hydrogen-bond acceptors (Lipinski definition) is 2. The number of alkyl halides is 18. The Morgan fingerprint density at radius 3 is 0.960 bits per heavy atom. The Morgan fingerprint density at radius 1 is 0.540 bits per heavy atom. The predicted molar refractivity (Wildman–Crippen MR) is 142 cm³/mol. The number of quaternary nitrogens is 1. The van der Waals surface area contributed by atoms with E-state index in [2.05, 4.69) is 23.8 Å². The number of carbonyl (C=O) groups is 1. The van der Waals surface area contributed by atoms with Crippen LogP contribution in [0.1, 0.15) is 61.1 Å². The highest BCUT2D eigenvalue weighted by Gasteiger charge is 2.49. The molecule has 0 aliphatic heterocycles. The molecule has 0 saturated carbocycles. The van der Waals surface area contributed by atoms with Crippen molar-refractivity contribution in [3.63, 3.8) is 0 Å². The van der Waals surface area contributed by atoms with E-state index in [9.17, 15) is 83.8 Å². The van der Waals surface area contributed by atoms with Gasteiger partial charge >= 0.3 is 43.2 Å². The van der Waals surface area contributed by atoms with Gasteiger partial charge in [0.1, 0.15) is 0 Å². The Bertz CT molecular complexity index is 1290. The third-order valence-corrected chi connectivity index (χ3v) is 6.89. The maximum Gasteiger partial charge on any atom is 0.416 e. The number of hydrogen-bond donors (Lipinski definition) is 1. The number of rotatable bonds is 7. The van der Waals surface area contributed by atoms with Crippen molar-refractivity contribution >= 4 is 23.9 Å². The van der Waals surface area contributed by atoms with Crippen molar-refractivity contribution in [1.29, 1.82) is 0 Å². The van der Waals surface area contributed by atoms with Crippen LogP contribution in [0.2, 0.25) is 0 Å². The molecule has 4 nitrogen and oxygen atoms in total. The number of amides is 1. The van der Waals surface area contributed by atoms with Crippen molar-refractivity contribution < 1.29 is 93.8 Å². The molecule has 0 radical (unpaired) electrons. The van der Waals surface area contributed by atoms with Crippen LogP contribution in [-0.4, -0.2) is 44.1 Å². The summed E-state index contributed by atoms with van der Waals surface area (Å²) < 4.78 is 254. The number of benzene rings is 2. The maximum absolute atomic E-state index is 14.1. The van der Waals surface area contributed by atoms with Crippen LogP contribution >= 0.6 is 0 Å². The van der Waals surface area contributed by atoms with Gasteiger partial charge in [0.25, 0.3) is 0 Å². The molecule has 2 aromatic rings. The van der Waals surface area contributed by atoms with Gasteiger partial charge in [0.15, 0.2) is 0 Å². The van der Waals surface area contributed by atoms with Gasteiger partial charge in [-0.1, -0.05) is 0 Å². The van der Waals surface area contributed by atoms with Crippen LogP contribution in [0.15, 0.2) is 24.3 Å². The average molecular weight is 764 g/mol. The van der Waals surface area contributed by atoms with E-state index in [1.165, 1.54) is 13.1 Å². The molecular formula is C27H27BF18N2O2.